The number of hydrogen-bond donors (Lipinski definition) is 0. The summed E-state index contributed by atoms with van der Waals surface area (Å²) in [7, 11) is 0. The molecule has 1 heterocycles. The first-order chi connectivity index (χ1) is 13.5. The average Bonchev–Trinajstić information content (AvgIpc) is 3.14. The smallest absolute Gasteiger partial charge is 0.260 e. The zero-order chi connectivity index (χ0) is 20.1. The fraction of sp³-hybridized carbons (Fsp3) is 0.364. The van der Waals surface area contributed by atoms with Gasteiger partial charge in [0, 0.05) is 18.7 Å². The second-order valence-corrected chi connectivity index (χ2v) is 7.65. The first-order valence-electron chi connectivity index (χ1n) is 9.74. The molecule has 0 N–H and O–H groups in total. The Morgan fingerprint density at radius 2 is 1.72 bits per heavy atom. The maximum Gasteiger partial charge on any atom is 0.260 e. The third kappa shape index (κ3) is 5.53. The molecule has 0 unspecified atom stereocenters. The van der Waals surface area contributed by atoms with Gasteiger partial charge in [-0.15, -0.1) is 12.4 Å². The molecule has 29 heavy (non-hydrogen) atoms. The van der Waals surface area contributed by atoms with E-state index in [2.05, 4.69) is 37.8 Å². The summed E-state index contributed by atoms with van der Waals surface area (Å²) < 4.78 is 14.4. The van der Waals surface area contributed by atoms with Gasteiger partial charge < -0.3 is 4.90 Å². The highest BCUT2D eigenvalue weighted by molar-refractivity contribution is 7.22. The quantitative estimate of drug-likeness (QED) is 0.474. The number of anilines is 1. The number of benzene rings is 2. The highest BCUT2D eigenvalue weighted by Gasteiger charge is 2.22. The van der Waals surface area contributed by atoms with Crippen molar-refractivity contribution < 1.29 is 9.18 Å². The maximum atomic E-state index is 13.3. The Bertz CT molecular complexity index is 941. The second kappa shape index (κ2) is 10.7. The van der Waals surface area contributed by atoms with Gasteiger partial charge in [0.15, 0.2) is 5.13 Å². The van der Waals surface area contributed by atoms with Crippen LogP contribution in [0.15, 0.2) is 42.5 Å². The second-order valence-electron chi connectivity index (χ2n) is 6.64. The lowest BCUT2D eigenvalue weighted by Gasteiger charge is -2.24. The van der Waals surface area contributed by atoms with E-state index >= 15 is 0 Å². The SMILES string of the molecule is CCc1ccc2nc(N(CCN(CC)CC)C(=O)c3ccc(F)cc3)sc2c1.Cl. The van der Waals surface area contributed by atoms with Gasteiger partial charge >= 0.3 is 0 Å². The molecular formula is C22H27ClFN3OS. The molecule has 3 rings (SSSR count). The third-order valence-corrected chi connectivity index (χ3v) is 5.99. The van der Waals surface area contributed by atoms with E-state index in [4.69, 9.17) is 4.98 Å². The van der Waals surface area contributed by atoms with Crippen LogP contribution < -0.4 is 4.90 Å². The summed E-state index contributed by atoms with van der Waals surface area (Å²) in [6.07, 6.45) is 0.962. The molecule has 2 aromatic carbocycles. The number of halogens is 2. The van der Waals surface area contributed by atoms with E-state index in [1.165, 1.54) is 41.2 Å². The molecular weight excluding hydrogens is 409 g/mol. The van der Waals surface area contributed by atoms with Crippen LogP contribution in [0, 0.1) is 5.82 Å². The fourth-order valence-electron chi connectivity index (χ4n) is 3.11. The highest BCUT2D eigenvalue weighted by atomic mass is 35.5. The van der Waals surface area contributed by atoms with Gasteiger partial charge in [-0.05, 0) is 61.5 Å². The number of hydrogen-bond acceptors (Lipinski definition) is 4. The van der Waals surface area contributed by atoms with Gasteiger partial charge in [0.2, 0.25) is 0 Å². The predicted octanol–water partition coefficient (Wildman–Crippen LogP) is 5.41. The molecule has 0 atom stereocenters. The molecule has 156 valence electrons. The van der Waals surface area contributed by atoms with E-state index in [1.54, 1.807) is 4.90 Å². The minimum atomic E-state index is -0.349. The van der Waals surface area contributed by atoms with Crippen molar-refractivity contribution >= 4 is 45.0 Å². The Hall–Kier alpha value is -2.02. The van der Waals surface area contributed by atoms with Crippen LogP contribution in [-0.2, 0) is 6.42 Å². The topological polar surface area (TPSA) is 36.4 Å². The van der Waals surface area contributed by atoms with Gasteiger partial charge in [-0.2, -0.15) is 0 Å². The number of aryl methyl sites for hydroxylation is 1. The molecule has 0 aliphatic heterocycles. The van der Waals surface area contributed by atoms with Crippen LogP contribution in [0.4, 0.5) is 9.52 Å². The molecule has 7 heteroatoms. The first kappa shape index (κ1) is 23.3. The average molecular weight is 436 g/mol. The lowest BCUT2D eigenvalue weighted by Crippen LogP contribution is -2.38. The minimum absolute atomic E-state index is 0. The molecule has 0 radical (unpaired) electrons. The predicted molar refractivity (Wildman–Crippen MR) is 122 cm³/mol. The molecule has 0 bridgehead atoms. The summed E-state index contributed by atoms with van der Waals surface area (Å²) >= 11 is 1.53. The van der Waals surface area contributed by atoms with Crippen molar-refractivity contribution in [3.63, 3.8) is 0 Å². The van der Waals surface area contributed by atoms with Crippen molar-refractivity contribution in [2.75, 3.05) is 31.1 Å². The largest absolute Gasteiger partial charge is 0.302 e. The summed E-state index contributed by atoms with van der Waals surface area (Å²) in [5, 5.41) is 0.685. The van der Waals surface area contributed by atoms with Gasteiger partial charge in [-0.25, -0.2) is 9.37 Å². The molecule has 0 spiro atoms. The molecule has 0 aliphatic rings. The maximum absolute atomic E-state index is 13.3. The zero-order valence-corrected chi connectivity index (χ0v) is 18.7. The monoisotopic (exact) mass is 435 g/mol. The fourth-order valence-corrected chi connectivity index (χ4v) is 4.16. The van der Waals surface area contributed by atoms with Crippen molar-refractivity contribution in [1.29, 1.82) is 0 Å². The Labute approximate surface area is 181 Å². The van der Waals surface area contributed by atoms with E-state index in [-0.39, 0.29) is 24.1 Å². The van der Waals surface area contributed by atoms with Crippen LogP contribution in [0.25, 0.3) is 10.2 Å². The number of aromatic nitrogens is 1. The van der Waals surface area contributed by atoms with E-state index in [0.717, 1.165) is 36.3 Å². The van der Waals surface area contributed by atoms with E-state index < -0.39 is 0 Å². The molecule has 1 aromatic heterocycles. The molecule has 1 amide bonds. The van der Waals surface area contributed by atoms with Crippen LogP contribution in [0.3, 0.4) is 0 Å². The minimum Gasteiger partial charge on any atom is -0.302 e. The number of likely N-dealkylation sites (N-methyl/N-ethyl adjacent to an activating group) is 1. The highest BCUT2D eigenvalue weighted by Crippen LogP contribution is 2.30. The Balaban J connectivity index is 0.00000300. The van der Waals surface area contributed by atoms with Crippen molar-refractivity contribution in [1.82, 2.24) is 9.88 Å². The summed E-state index contributed by atoms with van der Waals surface area (Å²) in [5.74, 6) is -0.500. The van der Waals surface area contributed by atoms with E-state index in [9.17, 15) is 9.18 Å². The van der Waals surface area contributed by atoms with Crippen LogP contribution >= 0.6 is 23.7 Å². The first-order valence-corrected chi connectivity index (χ1v) is 10.6. The van der Waals surface area contributed by atoms with Gasteiger partial charge in [0.25, 0.3) is 5.91 Å². The molecule has 0 fully saturated rings. The molecule has 0 saturated carbocycles. The van der Waals surface area contributed by atoms with Gasteiger partial charge in [-0.1, -0.05) is 38.2 Å². The zero-order valence-electron chi connectivity index (χ0n) is 17.0. The van der Waals surface area contributed by atoms with Crippen LogP contribution in [0.2, 0.25) is 0 Å². The van der Waals surface area contributed by atoms with Crippen molar-refractivity contribution in [3.8, 4) is 0 Å². The van der Waals surface area contributed by atoms with Crippen molar-refractivity contribution in [2.45, 2.75) is 27.2 Å². The van der Waals surface area contributed by atoms with Crippen molar-refractivity contribution in [2.24, 2.45) is 0 Å². The Morgan fingerprint density at radius 3 is 2.34 bits per heavy atom. The lowest BCUT2D eigenvalue weighted by molar-refractivity contribution is 0.0983. The van der Waals surface area contributed by atoms with Gasteiger partial charge in [-0.3, -0.25) is 9.69 Å². The number of rotatable bonds is 8. The summed E-state index contributed by atoms with van der Waals surface area (Å²) in [6, 6.07) is 11.9. The number of carbonyl (C=O) groups excluding carboxylic acids is 1. The number of carbonyl (C=O) groups is 1. The number of thiazole rings is 1. The van der Waals surface area contributed by atoms with Crippen LogP contribution in [0.5, 0.6) is 0 Å². The molecule has 4 nitrogen and oxygen atoms in total. The molecule has 3 aromatic rings. The summed E-state index contributed by atoms with van der Waals surface area (Å²) in [4.78, 5) is 21.9. The normalized spacial score (nSPS) is 10.9. The third-order valence-electron chi connectivity index (χ3n) is 4.95. The number of nitrogens with zero attached hydrogens (tertiary/aromatic N) is 3. The molecule has 0 saturated heterocycles. The number of amides is 1. The van der Waals surface area contributed by atoms with Gasteiger partial charge in [0.1, 0.15) is 5.82 Å². The van der Waals surface area contributed by atoms with Crippen LogP contribution in [-0.4, -0.2) is 42.0 Å². The standard InChI is InChI=1S/C22H26FN3OS.ClH/c1-4-16-7-12-19-20(15-16)28-22(24-19)26(14-13-25(5-2)6-3)21(27)17-8-10-18(23)11-9-17;/h7-12,15H,4-6,13-14H2,1-3H3;1H. The van der Waals surface area contributed by atoms with E-state index in [1.807, 2.05) is 6.07 Å². The number of fused-ring (bicyclic) bond motifs is 1. The lowest BCUT2D eigenvalue weighted by atomic mass is 10.2. The summed E-state index contributed by atoms with van der Waals surface area (Å²) in [5.41, 5.74) is 2.62. The Kier molecular flexibility index (Phi) is 8.56. The van der Waals surface area contributed by atoms with Crippen LogP contribution in [0.1, 0.15) is 36.7 Å². The van der Waals surface area contributed by atoms with Crippen molar-refractivity contribution in [3.05, 3.63) is 59.4 Å². The summed E-state index contributed by atoms with van der Waals surface area (Å²) in [6.45, 7) is 9.49. The Morgan fingerprint density at radius 1 is 1.03 bits per heavy atom. The van der Waals surface area contributed by atoms with Gasteiger partial charge in [0.05, 0.1) is 10.2 Å². The molecule has 0 aliphatic carbocycles. The van der Waals surface area contributed by atoms with E-state index in [0.29, 0.717) is 17.2 Å².